The number of aromatic nitrogens is 4. The highest BCUT2D eigenvalue weighted by atomic mass is 32.1. The maximum atomic E-state index is 6.36. The van der Waals surface area contributed by atoms with Gasteiger partial charge < -0.3 is 17.7 Å². The minimum atomic E-state index is 0.530. The first kappa shape index (κ1) is 57.9. The van der Waals surface area contributed by atoms with Gasteiger partial charge in [-0.1, -0.05) is 243 Å². The van der Waals surface area contributed by atoms with Crippen molar-refractivity contribution in [1.29, 1.82) is 0 Å². The van der Waals surface area contributed by atoms with Crippen molar-refractivity contribution in [1.82, 2.24) is 19.9 Å². The molecule has 8 heterocycles. The smallest absolute Gasteiger partial charge is 0.246 e. The van der Waals surface area contributed by atoms with Gasteiger partial charge in [-0.25, -0.2) is 19.9 Å². The zero-order valence-electron chi connectivity index (χ0n) is 54.3. The van der Waals surface area contributed by atoms with Gasteiger partial charge in [-0.15, -0.1) is 22.7 Å². The minimum Gasteiger partial charge on any atom is -0.455 e. The summed E-state index contributed by atoms with van der Waals surface area (Å²) >= 11 is 3.69. The first-order valence-corrected chi connectivity index (χ1v) is 35.6. The Balaban J connectivity index is 0.000000133. The number of nitrogens with zero attached hydrogens (tertiary/aromatic N) is 4. The molecule has 14 aromatic carbocycles. The topological polar surface area (TPSA) is 104 Å². The van der Waals surface area contributed by atoms with Crippen molar-refractivity contribution in [2.45, 2.75) is 0 Å². The maximum absolute atomic E-state index is 6.36. The van der Waals surface area contributed by atoms with E-state index in [1.54, 1.807) is 6.20 Å². The Hall–Kier alpha value is -13.1. The highest BCUT2D eigenvalue weighted by Crippen LogP contribution is 2.45. The van der Waals surface area contributed by atoms with Gasteiger partial charge in [0.1, 0.15) is 44.5 Å². The molecule has 8 aromatic heterocycles. The van der Waals surface area contributed by atoms with E-state index in [4.69, 9.17) is 37.6 Å². The van der Waals surface area contributed by atoms with Crippen LogP contribution in [0.3, 0.4) is 0 Å². The van der Waals surface area contributed by atoms with Crippen LogP contribution in [-0.4, -0.2) is 19.9 Å². The van der Waals surface area contributed by atoms with Gasteiger partial charge in [0.05, 0.1) is 23.8 Å². The van der Waals surface area contributed by atoms with Gasteiger partial charge in [0.2, 0.25) is 11.4 Å². The van der Waals surface area contributed by atoms with E-state index in [0.29, 0.717) is 11.4 Å². The molecule has 0 fully saturated rings. The number of hydrogen-bond acceptors (Lipinski definition) is 10. The number of benzene rings is 14. The molecule has 0 saturated heterocycles. The predicted octanol–water partition coefficient (Wildman–Crippen LogP) is 26.6. The van der Waals surface area contributed by atoms with Crippen LogP contribution >= 0.6 is 22.7 Å². The molecule has 0 bridgehead atoms. The Morgan fingerprint density at radius 1 is 0.225 bits per heavy atom. The van der Waals surface area contributed by atoms with E-state index >= 15 is 0 Å². The van der Waals surface area contributed by atoms with E-state index in [-0.39, 0.29) is 0 Å². The van der Waals surface area contributed by atoms with Gasteiger partial charge in [-0.2, -0.15) is 0 Å². The average molecular weight is 1340 g/mol. The van der Waals surface area contributed by atoms with Crippen LogP contribution in [0, 0.1) is 0 Å². The van der Waals surface area contributed by atoms with Crippen molar-refractivity contribution in [3.8, 4) is 89.3 Å². The number of thiophene rings is 2. The third-order valence-electron chi connectivity index (χ3n) is 20.0. The molecule has 10 heteroatoms. The van der Waals surface area contributed by atoms with E-state index in [1.165, 1.54) is 57.0 Å². The molecule has 0 aliphatic heterocycles. The van der Waals surface area contributed by atoms with Crippen molar-refractivity contribution >= 4 is 151 Å². The number of para-hydroxylation sites is 4. The van der Waals surface area contributed by atoms with Crippen LogP contribution in [0.5, 0.6) is 0 Å². The number of rotatable bonds is 8. The predicted molar refractivity (Wildman–Crippen MR) is 422 cm³/mol. The highest BCUT2D eigenvalue weighted by Gasteiger charge is 2.20. The summed E-state index contributed by atoms with van der Waals surface area (Å²) in [5.74, 6) is 0. The van der Waals surface area contributed by atoms with Crippen LogP contribution in [-0.2, 0) is 0 Å². The summed E-state index contributed by atoms with van der Waals surface area (Å²) in [7, 11) is 0. The number of hydrogen-bond donors (Lipinski definition) is 0. The normalized spacial score (nSPS) is 11.9. The van der Waals surface area contributed by atoms with E-state index in [1.807, 2.05) is 65.3 Å². The molecule has 0 unspecified atom stereocenters. The molecule has 102 heavy (non-hydrogen) atoms. The van der Waals surface area contributed by atoms with Gasteiger partial charge in [-0.05, 0) is 116 Å². The third-order valence-corrected chi connectivity index (χ3v) is 22.4. The quantitative estimate of drug-likeness (QED) is 0.148. The van der Waals surface area contributed by atoms with Crippen molar-refractivity contribution in [2.24, 2.45) is 0 Å². The second-order valence-electron chi connectivity index (χ2n) is 25.9. The van der Waals surface area contributed by atoms with E-state index in [9.17, 15) is 0 Å². The first-order valence-electron chi connectivity index (χ1n) is 33.9. The van der Waals surface area contributed by atoms with Crippen molar-refractivity contribution < 1.29 is 17.7 Å². The fraction of sp³-hybridized carbons (Fsp3) is 0. The summed E-state index contributed by atoms with van der Waals surface area (Å²) in [5, 5.41) is 11.6. The monoisotopic (exact) mass is 1340 g/mol. The molecule has 0 aliphatic rings. The fourth-order valence-corrected chi connectivity index (χ4v) is 17.5. The summed E-state index contributed by atoms with van der Waals surface area (Å²) in [5.41, 5.74) is 24.9. The Morgan fingerprint density at radius 2 is 0.588 bits per heavy atom. The third kappa shape index (κ3) is 9.56. The Labute approximate surface area is 589 Å². The SMILES string of the molecule is c1cc(-c2ccc3oc4ncc(-c5cccc(-c6cccc7c6sc6ccccc67)c5)nc4c3c2)cc(-c2cccc3c2oc2ccccc23)c1.c1ccc2c(c1)oc1c(-c3ccc(-c4ccc5oc6ncc(-c7ccc(-c8cccc9c8sc8ccccc89)cc7)nc6c5c4)cc3)cccc12. The van der Waals surface area contributed by atoms with Gasteiger partial charge in [0, 0.05) is 94.9 Å². The Bertz CT molecular complexity index is 6730. The molecule has 0 atom stereocenters. The maximum Gasteiger partial charge on any atom is 0.246 e. The average Bonchev–Trinajstić information content (AvgIpc) is 1.59. The molecule has 8 nitrogen and oxygen atoms in total. The molecule has 0 aliphatic carbocycles. The van der Waals surface area contributed by atoms with Gasteiger partial charge >= 0.3 is 0 Å². The van der Waals surface area contributed by atoms with Crippen LogP contribution in [0.15, 0.2) is 333 Å². The summed E-state index contributed by atoms with van der Waals surface area (Å²) in [6.07, 6.45) is 3.61. The molecule has 22 rings (SSSR count). The first-order chi connectivity index (χ1) is 50.5. The lowest BCUT2D eigenvalue weighted by Crippen LogP contribution is -1.88. The molecule has 0 amide bonds. The zero-order chi connectivity index (χ0) is 66.9. The molecule has 0 spiro atoms. The molecular formula is C92H52N4O4S2. The van der Waals surface area contributed by atoms with E-state index in [2.05, 4.69) is 267 Å². The van der Waals surface area contributed by atoms with Crippen molar-refractivity contribution in [3.05, 3.63) is 316 Å². The molecular weight excluding hydrogens is 1290 g/mol. The fourth-order valence-electron chi connectivity index (χ4n) is 15.0. The minimum absolute atomic E-state index is 0.530. The standard InChI is InChI=1S/2C46H26N2O2S/c1-3-19-40-34(13-1)36-17-7-15-32(44(36)49-40)29-10-5-9-27(23-29)28-21-22-41-38(25-28)43-46(50-41)47-26-39(48-43)31-12-6-11-30(24-31)33-16-8-18-37-35-14-2-4-20-42(35)51-45(33)37;1-3-13-40-34(7-1)36-11-5-9-32(44(36)49-40)28-17-15-27(16-18-28)31-23-24-41-38(25-31)43-46(50-41)47-26-39(48-43)30-21-19-29(20-22-30)33-10-6-12-37-35-8-2-4-14-42(35)51-45(33)37/h2*1-26H. The largest absolute Gasteiger partial charge is 0.455 e. The Morgan fingerprint density at radius 3 is 1.16 bits per heavy atom. The van der Waals surface area contributed by atoms with E-state index in [0.717, 1.165) is 149 Å². The second-order valence-corrected chi connectivity index (χ2v) is 28.0. The molecule has 0 saturated carbocycles. The Kier molecular flexibility index (Phi) is 13.2. The van der Waals surface area contributed by atoms with Crippen LogP contribution < -0.4 is 0 Å². The van der Waals surface area contributed by atoms with Gasteiger partial charge in [0.25, 0.3) is 0 Å². The lowest BCUT2D eigenvalue weighted by atomic mass is 9.97. The molecule has 0 N–H and O–H groups in total. The van der Waals surface area contributed by atoms with Gasteiger partial charge in [-0.3, -0.25) is 0 Å². The summed E-state index contributed by atoms with van der Waals surface area (Å²) in [6.45, 7) is 0. The van der Waals surface area contributed by atoms with Crippen LogP contribution in [0.4, 0.5) is 0 Å². The molecule has 0 radical (unpaired) electrons. The highest BCUT2D eigenvalue weighted by molar-refractivity contribution is 7.26. The van der Waals surface area contributed by atoms with Crippen molar-refractivity contribution in [3.63, 3.8) is 0 Å². The summed E-state index contributed by atoms with van der Waals surface area (Å²) < 4.78 is 30.2. The number of fused-ring (bicyclic) bond motifs is 18. The van der Waals surface area contributed by atoms with Gasteiger partial charge in [0.15, 0.2) is 0 Å². The summed E-state index contributed by atoms with van der Waals surface area (Å²) in [4.78, 5) is 19.7. The lowest BCUT2D eigenvalue weighted by Gasteiger charge is -2.07. The molecule has 22 aromatic rings. The van der Waals surface area contributed by atoms with Crippen LogP contribution in [0.2, 0.25) is 0 Å². The van der Waals surface area contributed by atoms with Crippen molar-refractivity contribution in [2.75, 3.05) is 0 Å². The zero-order valence-corrected chi connectivity index (χ0v) is 55.9. The lowest BCUT2D eigenvalue weighted by molar-refractivity contribution is 0.652. The van der Waals surface area contributed by atoms with Crippen LogP contribution in [0.1, 0.15) is 0 Å². The number of furan rings is 4. The van der Waals surface area contributed by atoms with Crippen LogP contribution in [0.25, 0.3) is 218 Å². The second kappa shape index (κ2) is 23.3. The van der Waals surface area contributed by atoms with E-state index < -0.39 is 0 Å². The molecule has 476 valence electrons. The summed E-state index contributed by atoms with van der Waals surface area (Å²) in [6, 6.07) is 107.